The Balaban J connectivity index is 1.58. The second-order valence-electron chi connectivity index (χ2n) is 5.80. The average Bonchev–Trinajstić information content (AvgIpc) is 3.26. The fraction of sp³-hybridized carbons (Fsp3) is 0.333. The molecule has 2 heterocycles. The minimum absolute atomic E-state index is 0.0389. The van der Waals surface area contributed by atoms with Crippen LogP contribution in [0.4, 0.5) is 5.69 Å². The van der Waals surface area contributed by atoms with Crippen LogP contribution < -0.4 is 5.32 Å². The molecule has 1 fully saturated rings. The van der Waals surface area contributed by atoms with E-state index in [0.29, 0.717) is 23.8 Å². The average molecular weight is 344 g/mol. The molecule has 0 spiro atoms. The summed E-state index contributed by atoms with van der Waals surface area (Å²) in [5, 5.41) is 7.13. The minimum Gasteiger partial charge on any atom is -0.465 e. The summed E-state index contributed by atoms with van der Waals surface area (Å²) in [4.78, 5) is 25.9. The van der Waals surface area contributed by atoms with E-state index in [2.05, 4.69) is 31.8 Å². The van der Waals surface area contributed by atoms with Crippen molar-refractivity contribution in [3.8, 4) is 0 Å². The van der Waals surface area contributed by atoms with Crippen molar-refractivity contribution in [3.63, 3.8) is 0 Å². The molecule has 1 aliphatic rings. The maximum atomic E-state index is 12.3. The molecule has 3 rings (SSSR count). The summed E-state index contributed by atoms with van der Waals surface area (Å²) >= 11 is 1.69. The molecule has 0 unspecified atom stereocenters. The van der Waals surface area contributed by atoms with Gasteiger partial charge in [-0.05, 0) is 66.0 Å². The van der Waals surface area contributed by atoms with Gasteiger partial charge in [0, 0.05) is 11.7 Å². The summed E-state index contributed by atoms with van der Waals surface area (Å²) in [6, 6.07) is 9.19. The number of methoxy groups -OCH3 is 1. The lowest BCUT2D eigenvalue weighted by Crippen LogP contribution is -2.32. The number of ether oxygens (including phenoxy) is 1. The van der Waals surface area contributed by atoms with Gasteiger partial charge in [0.1, 0.15) is 0 Å². The standard InChI is InChI=1S/C18H20N2O3S/c1-23-18(22)13-4-6-15(7-5-13)19-17(21)11-20-9-2-3-16(20)14-8-10-24-12-14/h4-8,10,12,16H,2-3,9,11H2,1H3,(H,19,21)/t16-/m0/s1. The van der Waals surface area contributed by atoms with Gasteiger partial charge in [-0.2, -0.15) is 11.3 Å². The maximum absolute atomic E-state index is 12.3. The van der Waals surface area contributed by atoms with E-state index in [1.807, 2.05) is 0 Å². The van der Waals surface area contributed by atoms with Gasteiger partial charge in [0.15, 0.2) is 0 Å². The van der Waals surface area contributed by atoms with Crippen LogP contribution in [0.15, 0.2) is 41.1 Å². The number of carbonyl (C=O) groups is 2. The van der Waals surface area contributed by atoms with Crippen molar-refractivity contribution in [1.82, 2.24) is 4.90 Å². The number of likely N-dealkylation sites (tertiary alicyclic amines) is 1. The van der Waals surface area contributed by atoms with E-state index in [1.54, 1.807) is 35.6 Å². The quantitative estimate of drug-likeness (QED) is 0.846. The van der Waals surface area contributed by atoms with E-state index >= 15 is 0 Å². The maximum Gasteiger partial charge on any atom is 0.337 e. The molecule has 5 nitrogen and oxygen atoms in total. The first-order valence-corrected chi connectivity index (χ1v) is 8.86. The number of amides is 1. The van der Waals surface area contributed by atoms with Crippen LogP contribution in [0, 0.1) is 0 Å². The molecular weight excluding hydrogens is 324 g/mol. The number of hydrogen-bond donors (Lipinski definition) is 1. The first kappa shape index (κ1) is 16.7. The molecule has 2 aromatic rings. The molecule has 1 aromatic heterocycles. The molecular formula is C18H20N2O3S. The molecule has 1 N–H and O–H groups in total. The second-order valence-corrected chi connectivity index (χ2v) is 6.58. The van der Waals surface area contributed by atoms with Crippen LogP contribution in [-0.2, 0) is 9.53 Å². The van der Waals surface area contributed by atoms with Crippen LogP contribution in [0.2, 0.25) is 0 Å². The first-order valence-electron chi connectivity index (χ1n) is 7.92. The number of benzene rings is 1. The Morgan fingerprint density at radius 3 is 2.75 bits per heavy atom. The highest BCUT2D eigenvalue weighted by atomic mass is 32.1. The highest BCUT2D eigenvalue weighted by Gasteiger charge is 2.27. The smallest absolute Gasteiger partial charge is 0.337 e. The largest absolute Gasteiger partial charge is 0.465 e. The van der Waals surface area contributed by atoms with Crippen molar-refractivity contribution < 1.29 is 14.3 Å². The van der Waals surface area contributed by atoms with Crippen LogP contribution in [0.25, 0.3) is 0 Å². The van der Waals surface area contributed by atoms with Gasteiger partial charge < -0.3 is 10.1 Å². The number of esters is 1. The highest BCUT2D eigenvalue weighted by Crippen LogP contribution is 2.32. The van der Waals surface area contributed by atoms with Gasteiger partial charge in [-0.15, -0.1) is 0 Å². The van der Waals surface area contributed by atoms with Crippen LogP contribution in [0.1, 0.15) is 34.8 Å². The van der Waals surface area contributed by atoms with Crippen LogP contribution in [-0.4, -0.2) is 37.0 Å². The summed E-state index contributed by atoms with van der Waals surface area (Å²) in [5.41, 5.74) is 2.44. The molecule has 1 saturated heterocycles. The zero-order valence-electron chi connectivity index (χ0n) is 13.5. The van der Waals surface area contributed by atoms with E-state index in [9.17, 15) is 9.59 Å². The zero-order valence-corrected chi connectivity index (χ0v) is 14.3. The number of carbonyl (C=O) groups excluding carboxylic acids is 2. The van der Waals surface area contributed by atoms with E-state index in [1.165, 1.54) is 12.7 Å². The van der Waals surface area contributed by atoms with E-state index in [0.717, 1.165) is 19.4 Å². The molecule has 0 saturated carbocycles. The Labute approximate surface area is 145 Å². The second kappa shape index (κ2) is 7.59. The minimum atomic E-state index is -0.386. The van der Waals surface area contributed by atoms with Crippen molar-refractivity contribution in [2.75, 3.05) is 25.5 Å². The Morgan fingerprint density at radius 2 is 2.08 bits per heavy atom. The zero-order chi connectivity index (χ0) is 16.9. The van der Waals surface area contributed by atoms with Gasteiger partial charge in [0.2, 0.25) is 5.91 Å². The van der Waals surface area contributed by atoms with Gasteiger partial charge in [0.25, 0.3) is 0 Å². The lowest BCUT2D eigenvalue weighted by Gasteiger charge is -2.23. The molecule has 0 radical (unpaired) electrons. The summed E-state index contributed by atoms with van der Waals surface area (Å²) in [7, 11) is 1.35. The van der Waals surface area contributed by atoms with E-state index < -0.39 is 0 Å². The SMILES string of the molecule is COC(=O)c1ccc(NC(=O)CN2CCC[C@H]2c2ccsc2)cc1. The highest BCUT2D eigenvalue weighted by molar-refractivity contribution is 7.07. The lowest BCUT2D eigenvalue weighted by atomic mass is 10.1. The first-order chi connectivity index (χ1) is 11.7. The monoisotopic (exact) mass is 344 g/mol. The third kappa shape index (κ3) is 3.83. The number of nitrogens with zero attached hydrogens (tertiary/aromatic N) is 1. The third-order valence-electron chi connectivity index (χ3n) is 4.23. The Bertz CT molecular complexity index is 698. The van der Waals surface area contributed by atoms with Crippen molar-refractivity contribution in [2.24, 2.45) is 0 Å². The lowest BCUT2D eigenvalue weighted by molar-refractivity contribution is -0.117. The van der Waals surface area contributed by atoms with Crippen LogP contribution in [0.5, 0.6) is 0 Å². The number of anilines is 1. The molecule has 0 bridgehead atoms. The van der Waals surface area contributed by atoms with Crippen LogP contribution >= 0.6 is 11.3 Å². The van der Waals surface area contributed by atoms with E-state index in [-0.39, 0.29) is 11.9 Å². The van der Waals surface area contributed by atoms with Crippen molar-refractivity contribution in [2.45, 2.75) is 18.9 Å². The number of rotatable bonds is 5. The normalized spacial score (nSPS) is 17.6. The van der Waals surface area contributed by atoms with Crippen LogP contribution in [0.3, 0.4) is 0 Å². The number of nitrogens with one attached hydrogen (secondary N) is 1. The fourth-order valence-electron chi connectivity index (χ4n) is 3.05. The van der Waals surface area contributed by atoms with Gasteiger partial charge in [-0.25, -0.2) is 4.79 Å². The summed E-state index contributed by atoms with van der Waals surface area (Å²) in [5.74, 6) is -0.425. The molecule has 126 valence electrons. The van der Waals surface area contributed by atoms with Crippen molar-refractivity contribution in [1.29, 1.82) is 0 Å². The van der Waals surface area contributed by atoms with E-state index in [4.69, 9.17) is 0 Å². The number of hydrogen-bond acceptors (Lipinski definition) is 5. The summed E-state index contributed by atoms with van der Waals surface area (Å²) < 4.78 is 4.66. The summed E-state index contributed by atoms with van der Waals surface area (Å²) in [6.07, 6.45) is 2.21. The topological polar surface area (TPSA) is 58.6 Å². The van der Waals surface area contributed by atoms with Gasteiger partial charge in [0.05, 0.1) is 19.2 Å². The third-order valence-corrected chi connectivity index (χ3v) is 4.93. The molecule has 1 atom stereocenters. The predicted octanol–water partition coefficient (Wildman–Crippen LogP) is 3.31. The Morgan fingerprint density at radius 1 is 1.29 bits per heavy atom. The molecule has 6 heteroatoms. The number of thiophene rings is 1. The Hall–Kier alpha value is -2.18. The molecule has 0 aliphatic carbocycles. The molecule has 24 heavy (non-hydrogen) atoms. The van der Waals surface area contributed by atoms with Crippen molar-refractivity contribution in [3.05, 3.63) is 52.2 Å². The molecule has 1 amide bonds. The fourth-order valence-corrected chi connectivity index (χ4v) is 3.76. The Kier molecular flexibility index (Phi) is 5.27. The van der Waals surface area contributed by atoms with Gasteiger partial charge >= 0.3 is 5.97 Å². The van der Waals surface area contributed by atoms with Crippen molar-refractivity contribution >= 4 is 28.9 Å². The molecule has 1 aliphatic heterocycles. The van der Waals surface area contributed by atoms with Gasteiger partial charge in [-0.3, -0.25) is 9.69 Å². The van der Waals surface area contributed by atoms with Gasteiger partial charge in [-0.1, -0.05) is 0 Å². The predicted molar refractivity (Wildman–Crippen MR) is 94.3 cm³/mol. The molecule has 1 aromatic carbocycles. The summed E-state index contributed by atoms with van der Waals surface area (Å²) in [6.45, 7) is 1.31.